The molecule has 0 aromatic heterocycles. The number of hydrogen-bond acceptors (Lipinski definition) is 2. The van der Waals surface area contributed by atoms with Crippen molar-refractivity contribution in [2.45, 2.75) is 12.8 Å². The van der Waals surface area contributed by atoms with Gasteiger partial charge in [0.1, 0.15) is 17.4 Å². The van der Waals surface area contributed by atoms with Crippen LogP contribution < -0.4 is 4.74 Å². The van der Waals surface area contributed by atoms with E-state index in [0.717, 1.165) is 25.5 Å². The van der Waals surface area contributed by atoms with Crippen molar-refractivity contribution in [3.8, 4) is 5.75 Å². The van der Waals surface area contributed by atoms with E-state index in [2.05, 4.69) is 4.90 Å². The SMILES string of the molecule is CN(C)CCCCOc1cc(F)cc(F)c1. The summed E-state index contributed by atoms with van der Waals surface area (Å²) in [5, 5.41) is 0. The Morgan fingerprint density at radius 2 is 1.69 bits per heavy atom. The Labute approximate surface area is 94.8 Å². The van der Waals surface area contributed by atoms with Crippen LogP contribution in [0.25, 0.3) is 0 Å². The lowest BCUT2D eigenvalue weighted by molar-refractivity contribution is 0.290. The van der Waals surface area contributed by atoms with Gasteiger partial charge in [0, 0.05) is 18.2 Å². The van der Waals surface area contributed by atoms with Crippen molar-refractivity contribution >= 4 is 0 Å². The zero-order chi connectivity index (χ0) is 12.0. The zero-order valence-electron chi connectivity index (χ0n) is 9.67. The fourth-order valence-electron chi connectivity index (χ4n) is 1.33. The van der Waals surface area contributed by atoms with Gasteiger partial charge in [-0.15, -0.1) is 0 Å². The zero-order valence-corrected chi connectivity index (χ0v) is 9.67. The molecule has 1 rings (SSSR count). The first-order chi connectivity index (χ1) is 7.58. The molecule has 1 aromatic rings. The molecule has 0 spiro atoms. The number of rotatable bonds is 6. The van der Waals surface area contributed by atoms with E-state index in [0.29, 0.717) is 6.61 Å². The van der Waals surface area contributed by atoms with Gasteiger partial charge in [-0.1, -0.05) is 0 Å². The maximum atomic E-state index is 12.8. The quantitative estimate of drug-likeness (QED) is 0.695. The standard InChI is InChI=1S/C12H17F2NO/c1-15(2)5-3-4-6-16-12-8-10(13)7-11(14)9-12/h7-9H,3-6H2,1-2H3. The van der Waals surface area contributed by atoms with Gasteiger partial charge in [0.05, 0.1) is 6.61 Å². The third-order valence-corrected chi connectivity index (χ3v) is 2.10. The van der Waals surface area contributed by atoms with Crippen LogP contribution >= 0.6 is 0 Å². The molecule has 0 unspecified atom stereocenters. The van der Waals surface area contributed by atoms with Crippen molar-refractivity contribution in [3.63, 3.8) is 0 Å². The molecule has 1 aromatic carbocycles. The highest BCUT2D eigenvalue weighted by atomic mass is 19.1. The summed E-state index contributed by atoms with van der Waals surface area (Å²) in [4.78, 5) is 2.09. The molecule has 0 aliphatic heterocycles. The maximum absolute atomic E-state index is 12.8. The van der Waals surface area contributed by atoms with Crippen molar-refractivity contribution in [3.05, 3.63) is 29.8 Å². The first-order valence-corrected chi connectivity index (χ1v) is 5.31. The van der Waals surface area contributed by atoms with E-state index in [1.165, 1.54) is 12.1 Å². The minimum absolute atomic E-state index is 0.252. The van der Waals surface area contributed by atoms with Gasteiger partial charge in [-0.3, -0.25) is 0 Å². The van der Waals surface area contributed by atoms with E-state index in [1.54, 1.807) is 0 Å². The molecule has 0 heterocycles. The summed E-state index contributed by atoms with van der Waals surface area (Å²) >= 11 is 0. The number of hydrogen-bond donors (Lipinski definition) is 0. The Bertz CT molecular complexity index is 309. The monoisotopic (exact) mass is 229 g/mol. The molecular formula is C12H17F2NO. The van der Waals surface area contributed by atoms with Gasteiger partial charge in [0.2, 0.25) is 0 Å². The highest BCUT2D eigenvalue weighted by molar-refractivity contribution is 5.23. The summed E-state index contributed by atoms with van der Waals surface area (Å²) in [5.41, 5.74) is 0. The van der Waals surface area contributed by atoms with Crippen LogP contribution in [0.3, 0.4) is 0 Å². The molecule has 0 atom stereocenters. The highest BCUT2D eigenvalue weighted by Crippen LogP contribution is 2.15. The van der Waals surface area contributed by atoms with E-state index in [4.69, 9.17) is 4.74 Å². The van der Waals surface area contributed by atoms with Crippen molar-refractivity contribution in [2.75, 3.05) is 27.2 Å². The highest BCUT2D eigenvalue weighted by Gasteiger charge is 2.01. The Morgan fingerprint density at radius 3 is 2.25 bits per heavy atom. The average Bonchev–Trinajstić information content (AvgIpc) is 2.15. The molecule has 0 saturated heterocycles. The Balaban J connectivity index is 2.26. The lowest BCUT2D eigenvalue weighted by Crippen LogP contribution is -2.13. The van der Waals surface area contributed by atoms with Gasteiger partial charge in [-0.25, -0.2) is 8.78 Å². The van der Waals surface area contributed by atoms with Crippen LogP contribution in [0.5, 0.6) is 5.75 Å². The Morgan fingerprint density at radius 1 is 1.06 bits per heavy atom. The van der Waals surface area contributed by atoms with E-state index < -0.39 is 11.6 Å². The van der Waals surface area contributed by atoms with Gasteiger partial charge in [0.25, 0.3) is 0 Å². The summed E-state index contributed by atoms with van der Waals surface area (Å²) in [6.07, 6.45) is 1.88. The maximum Gasteiger partial charge on any atom is 0.129 e. The second kappa shape index (κ2) is 6.43. The van der Waals surface area contributed by atoms with Crippen LogP contribution in [0.15, 0.2) is 18.2 Å². The summed E-state index contributed by atoms with van der Waals surface area (Å²) in [6, 6.07) is 3.21. The number of ether oxygens (including phenoxy) is 1. The Kier molecular flexibility index (Phi) is 5.19. The van der Waals surface area contributed by atoms with E-state index >= 15 is 0 Å². The molecule has 2 nitrogen and oxygen atoms in total. The van der Waals surface area contributed by atoms with Gasteiger partial charge in [-0.2, -0.15) is 0 Å². The minimum atomic E-state index is -0.608. The van der Waals surface area contributed by atoms with Crippen LogP contribution in [0.4, 0.5) is 8.78 Å². The average molecular weight is 229 g/mol. The topological polar surface area (TPSA) is 12.5 Å². The second-order valence-electron chi connectivity index (χ2n) is 3.96. The second-order valence-corrected chi connectivity index (χ2v) is 3.96. The molecular weight excluding hydrogens is 212 g/mol. The van der Waals surface area contributed by atoms with Crippen LogP contribution in [-0.2, 0) is 0 Å². The van der Waals surface area contributed by atoms with Gasteiger partial charge in [0.15, 0.2) is 0 Å². The van der Waals surface area contributed by atoms with Crippen LogP contribution in [-0.4, -0.2) is 32.1 Å². The molecule has 0 aliphatic rings. The van der Waals surface area contributed by atoms with Crippen molar-refractivity contribution in [2.24, 2.45) is 0 Å². The lowest BCUT2D eigenvalue weighted by atomic mass is 10.3. The smallest absolute Gasteiger partial charge is 0.129 e. The third kappa shape index (κ3) is 5.07. The molecule has 0 radical (unpaired) electrons. The fourth-order valence-corrected chi connectivity index (χ4v) is 1.33. The molecule has 90 valence electrons. The largest absolute Gasteiger partial charge is 0.493 e. The molecule has 0 saturated carbocycles. The van der Waals surface area contributed by atoms with Gasteiger partial charge >= 0.3 is 0 Å². The first kappa shape index (κ1) is 12.9. The van der Waals surface area contributed by atoms with E-state index in [-0.39, 0.29) is 5.75 Å². The van der Waals surface area contributed by atoms with Crippen LogP contribution in [0.2, 0.25) is 0 Å². The summed E-state index contributed by atoms with van der Waals surface area (Å²) in [5.74, 6) is -0.964. The van der Waals surface area contributed by atoms with E-state index in [9.17, 15) is 8.78 Å². The predicted molar refractivity (Wildman–Crippen MR) is 59.6 cm³/mol. The molecule has 0 aliphatic carbocycles. The van der Waals surface area contributed by atoms with Gasteiger partial charge in [-0.05, 0) is 33.5 Å². The predicted octanol–water partition coefficient (Wildman–Crippen LogP) is 2.69. The number of benzene rings is 1. The molecule has 16 heavy (non-hydrogen) atoms. The van der Waals surface area contributed by atoms with Crippen molar-refractivity contribution in [1.29, 1.82) is 0 Å². The fraction of sp³-hybridized carbons (Fsp3) is 0.500. The van der Waals surface area contributed by atoms with Crippen molar-refractivity contribution in [1.82, 2.24) is 4.90 Å². The van der Waals surface area contributed by atoms with Crippen LogP contribution in [0.1, 0.15) is 12.8 Å². The molecule has 0 fully saturated rings. The molecule has 4 heteroatoms. The normalized spacial score (nSPS) is 10.8. The lowest BCUT2D eigenvalue weighted by Gasteiger charge is -2.09. The van der Waals surface area contributed by atoms with Gasteiger partial charge < -0.3 is 9.64 Å². The first-order valence-electron chi connectivity index (χ1n) is 5.31. The molecule has 0 bridgehead atoms. The molecule has 0 amide bonds. The van der Waals surface area contributed by atoms with Crippen molar-refractivity contribution < 1.29 is 13.5 Å². The summed E-state index contributed by atoms with van der Waals surface area (Å²) < 4.78 is 30.8. The molecule has 0 N–H and O–H groups in total. The summed E-state index contributed by atoms with van der Waals surface area (Å²) in [6.45, 7) is 1.47. The third-order valence-electron chi connectivity index (χ3n) is 2.10. The minimum Gasteiger partial charge on any atom is -0.493 e. The summed E-state index contributed by atoms with van der Waals surface area (Å²) in [7, 11) is 4.01. The van der Waals surface area contributed by atoms with Crippen LogP contribution in [0, 0.1) is 11.6 Å². The number of unbranched alkanes of at least 4 members (excludes halogenated alkanes) is 1. The number of nitrogens with zero attached hydrogens (tertiary/aromatic N) is 1. The Hall–Kier alpha value is -1.16. The number of halogens is 2. The van der Waals surface area contributed by atoms with E-state index in [1.807, 2.05) is 14.1 Å².